The lowest BCUT2D eigenvalue weighted by molar-refractivity contribution is 0.970. The van der Waals surface area contributed by atoms with Gasteiger partial charge in [-0.3, -0.25) is 0 Å². The smallest absolute Gasteiger partial charge is 0.138 e. The first kappa shape index (κ1) is 8.11. The molecule has 15 heavy (non-hydrogen) atoms. The molecule has 1 aromatic carbocycles. The first-order chi connectivity index (χ1) is 7.45. The Morgan fingerprint density at radius 3 is 3.07 bits per heavy atom. The molecule has 1 aliphatic heterocycles. The Hall–Kier alpha value is -2.23. The number of para-hydroxylation sites is 1. The van der Waals surface area contributed by atoms with E-state index in [1.807, 2.05) is 36.5 Å². The van der Waals surface area contributed by atoms with Gasteiger partial charge < -0.3 is 5.32 Å². The van der Waals surface area contributed by atoms with Gasteiger partial charge in [-0.25, -0.2) is 4.98 Å². The molecular formula is C11H8N4. The lowest BCUT2D eigenvalue weighted by Crippen LogP contribution is -1.94. The van der Waals surface area contributed by atoms with E-state index in [9.17, 15) is 0 Å². The van der Waals surface area contributed by atoms with Crippen LogP contribution in [0.4, 0.5) is 5.69 Å². The summed E-state index contributed by atoms with van der Waals surface area (Å²) in [5.41, 5.74) is 3.70. The second-order valence-electron chi connectivity index (χ2n) is 3.22. The van der Waals surface area contributed by atoms with E-state index in [2.05, 4.69) is 20.5 Å². The Morgan fingerprint density at radius 2 is 2.07 bits per heavy atom. The maximum absolute atomic E-state index is 4.18. The zero-order valence-electron chi connectivity index (χ0n) is 7.88. The highest BCUT2D eigenvalue weighted by Crippen LogP contribution is 2.30. The molecule has 0 fully saturated rings. The van der Waals surface area contributed by atoms with Crippen LogP contribution >= 0.6 is 0 Å². The van der Waals surface area contributed by atoms with Crippen molar-refractivity contribution in [3.63, 3.8) is 0 Å². The fraction of sp³-hybridized carbons (Fsp3) is 0. The maximum Gasteiger partial charge on any atom is 0.138 e. The largest absolute Gasteiger partial charge is 0.361 e. The first-order valence-electron chi connectivity index (χ1n) is 4.65. The number of aromatic nitrogens is 3. The molecule has 0 amide bonds. The van der Waals surface area contributed by atoms with Crippen molar-refractivity contribution in [2.45, 2.75) is 0 Å². The molecule has 4 heteroatoms. The lowest BCUT2D eigenvalue weighted by atomic mass is 10.1. The van der Waals surface area contributed by atoms with Crippen molar-refractivity contribution in [3.05, 3.63) is 42.5 Å². The van der Waals surface area contributed by atoms with Crippen LogP contribution in [0.5, 0.6) is 0 Å². The molecule has 1 aliphatic rings. The van der Waals surface area contributed by atoms with Gasteiger partial charge in [0.15, 0.2) is 0 Å². The number of nitrogens with zero attached hydrogens (tertiary/aromatic N) is 3. The molecule has 1 N–H and O–H groups in total. The van der Waals surface area contributed by atoms with Gasteiger partial charge in [0.05, 0.1) is 5.69 Å². The zero-order valence-corrected chi connectivity index (χ0v) is 7.88. The zero-order chi connectivity index (χ0) is 10.1. The maximum atomic E-state index is 4.18. The molecule has 3 rings (SSSR count). The molecule has 2 heterocycles. The summed E-state index contributed by atoms with van der Waals surface area (Å²) in [5, 5.41) is 11.1. The summed E-state index contributed by atoms with van der Waals surface area (Å²) in [7, 11) is 0. The Bertz CT molecular complexity index is 534. The van der Waals surface area contributed by atoms with Crippen LogP contribution in [0, 0.1) is 0 Å². The fourth-order valence-corrected chi connectivity index (χ4v) is 1.62. The van der Waals surface area contributed by atoms with Crippen LogP contribution in [-0.4, -0.2) is 15.2 Å². The van der Waals surface area contributed by atoms with Crippen LogP contribution < -0.4 is 5.32 Å². The number of hydrogen-bond donors (Lipinski definition) is 1. The van der Waals surface area contributed by atoms with E-state index in [1.165, 1.54) is 6.33 Å². The SMILES string of the molecule is C1=Cc2ncnnc2-c2ccccc2N1. The van der Waals surface area contributed by atoms with Crippen LogP contribution in [0.25, 0.3) is 17.3 Å². The third-order valence-corrected chi connectivity index (χ3v) is 2.31. The highest BCUT2D eigenvalue weighted by Gasteiger charge is 2.12. The summed E-state index contributed by atoms with van der Waals surface area (Å²) in [4.78, 5) is 4.18. The monoisotopic (exact) mass is 196 g/mol. The summed E-state index contributed by atoms with van der Waals surface area (Å²) < 4.78 is 0. The highest BCUT2D eigenvalue weighted by atomic mass is 15.1. The molecule has 0 spiro atoms. The summed E-state index contributed by atoms with van der Waals surface area (Å²) in [6.07, 6.45) is 5.21. The summed E-state index contributed by atoms with van der Waals surface area (Å²) in [6.45, 7) is 0. The third kappa shape index (κ3) is 1.27. The van der Waals surface area contributed by atoms with Crippen molar-refractivity contribution in [2.24, 2.45) is 0 Å². The number of hydrogen-bond acceptors (Lipinski definition) is 4. The van der Waals surface area contributed by atoms with Crippen LogP contribution in [0.2, 0.25) is 0 Å². The summed E-state index contributed by atoms with van der Waals surface area (Å²) in [6, 6.07) is 7.97. The van der Waals surface area contributed by atoms with Gasteiger partial charge in [0.1, 0.15) is 12.0 Å². The van der Waals surface area contributed by atoms with E-state index >= 15 is 0 Å². The minimum Gasteiger partial charge on any atom is -0.361 e. The van der Waals surface area contributed by atoms with Crippen LogP contribution in [0.3, 0.4) is 0 Å². The number of anilines is 1. The number of nitrogens with one attached hydrogen (secondary N) is 1. The second-order valence-corrected chi connectivity index (χ2v) is 3.22. The molecule has 0 aliphatic carbocycles. The molecule has 2 aromatic rings. The molecular weight excluding hydrogens is 188 g/mol. The number of fused-ring (bicyclic) bond motifs is 3. The third-order valence-electron chi connectivity index (χ3n) is 2.31. The minimum atomic E-state index is 0.814. The second kappa shape index (κ2) is 3.16. The van der Waals surface area contributed by atoms with E-state index in [1.54, 1.807) is 0 Å². The normalized spacial score (nSPS) is 12.3. The van der Waals surface area contributed by atoms with Crippen molar-refractivity contribution in [1.82, 2.24) is 15.2 Å². The van der Waals surface area contributed by atoms with Gasteiger partial charge in [-0.15, -0.1) is 10.2 Å². The molecule has 0 saturated heterocycles. The van der Waals surface area contributed by atoms with Gasteiger partial charge in [-0.1, -0.05) is 18.2 Å². The van der Waals surface area contributed by atoms with Gasteiger partial charge in [-0.05, 0) is 12.1 Å². The number of rotatable bonds is 0. The Kier molecular flexibility index (Phi) is 1.71. The van der Waals surface area contributed by atoms with Crippen molar-refractivity contribution in [3.8, 4) is 11.3 Å². The quantitative estimate of drug-likeness (QED) is 0.699. The van der Waals surface area contributed by atoms with Crippen LogP contribution in [-0.2, 0) is 0 Å². The van der Waals surface area contributed by atoms with E-state index < -0.39 is 0 Å². The topological polar surface area (TPSA) is 50.7 Å². The Labute approximate surface area is 86.7 Å². The number of benzene rings is 1. The predicted octanol–water partition coefficient (Wildman–Crippen LogP) is 1.93. The van der Waals surface area contributed by atoms with E-state index in [-0.39, 0.29) is 0 Å². The van der Waals surface area contributed by atoms with Gasteiger partial charge in [0.2, 0.25) is 0 Å². The standard InChI is InChI=1S/C11H8N4/c1-2-4-9-8(3-1)11-10(5-6-12-9)13-7-14-15-11/h1-7,12H. The van der Waals surface area contributed by atoms with Crippen molar-refractivity contribution < 1.29 is 0 Å². The highest BCUT2D eigenvalue weighted by molar-refractivity contribution is 5.83. The summed E-state index contributed by atoms with van der Waals surface area (Å²) in [5.74, 6) is 0. The van der Waals surface area contributed by atoms with Gasteiger partial charge in [0.25, 0.3) is 0 Å². The molecule has 4 nitrogen and oxygen atoms in total. The minimum absolute atomic E-state index is 0.814. The molecule has 0 unspecified atom stereocenters. The van der Waals surface area contributed by atoms with Crippen molar-refractivity contribution >= 4 is 11.8 Å². The van der Waals surface area contributed by atoms with Crippen LogP contribution in [0.15, 0.2) is 36.8 Å². The Balaban J connectivity index is 2.33. The molecule has 1 aromatic heterocycles. The van der Waals surface area contributed by atoms with Gasteiger partial charge in [0, 0.05) is 17.5 Å². The molecule has 0 atom stereocenters. The fourth-order valence-electron chi connectivity index (χ4n) is 1.62. The van der Waals surface area contributed by atoms with E-state index in [0.29, 0.717) is 0 Å². The average molecular weight is 196 g/mol. The van der Waals surface area contributed by atoms with E-state index in [0.717, 1.165) is 22.6 Å². The van der Waals surface area contributed by atoms with E-state index in [4.69, 9.17) is 0 Å². The Morgan fingerprint density at radius 1 is 1.13 bits per heavy atom. The van der Waals surface area contributed by atoms with Gasteiger partial charge >= 0.3 is 0 Å². The summed E-state index contributed by atoms with van der Waals surface area (Å²) >= 11 is 0. The molecule has 0 saturated carbocycles. The molecule has 72 valence electrons. The molecule has 0 radical (unpaired) electrons. The lowest BCUT2D eigenvalue weighted by Gasteiger charge is -2.05. The van der Waals surface area contributed by atoms with Crippen molar-refractivity contribution in [2.75, 3.05) is 5.32 Å². The van der Waals surface area contributed by atoms with Crippen LogP contribution in [0.1, 0.15) is 5.69 Å². The first-order valence-corrected chi connectivity index (χ1v) is 4.65. The van der Waals surface area contributed by atoms with Crippen molar-refractivity contribution in [1.29, 1.82) is 0 Å². The van der Waals surface area contributed by atoms with Gasteiger partial charge in [-0.2, -0.15) is 0 Å². The molecule has 0 bridgehead atoms. The predicted molar refractivity (Wildman–Crippen MR) is 57.9 cm³/mol. The average Bonchev–Trinajstić information content (AvgIpc) is 2.48.